The number of hydrogen-bond donors (Lipinski definition) is 1. The van der Waals surface area contributed by atoms with E-state index in [0.717, 1.165) is 33.1 Å². The molecule has 0 fully saturated rings. The molecule has 0 saturated carbocycles. The second kappa shape index (κ2) is 10.7. The van der Waals surface area contributed by atoms with Gasteiger partial charge in [-0.05, 0) is 61.9 Å². The first-order chi connectivity index (χ1) is 18.4. The van der Waals surface area contributed by atoms with Crippen LogP contribution in [0.1, 0.15) is 30.4 Å². The fourth-order valence-corrected chi connectivity index (χ4v) is 4.88. The predicted octanol–water partition coefficient (Wildman–Crippen LogP) is 6.03. The third-order valence-corrected chi connectivity index (χ3v) is 6.85. The van der Waals surface area contributed by atoms with Crippen LogP contribution in [-0.4, -0.2) is 26.3 Å². The van der Waals surface area contributed by atoms with Gasteiger partial charge in [-0.2, -0.15) is 9.78 Å². The van der Waals surface area contributed by atoms with Crippen LogP contribution in [0.15, 0.2) is 81.1 Å². The summed E-state index contributed by atoms with van der Waals surface area (Å²) in [6.45, 7) is 4.00. The van der Waals surface area contributed by atoms with Crippen molar-refractivity contribution in [2.24, 2.45) is 5.10 Å². The van der Waals surface area contributed by atoms with E-state index in [1.54, 1.807) is 12.3 Å². The standard InChI is InChI=1S/C29H25BrFN5O2/c1-3-6-27-34-25-14-9-19(30)15-23(25)29(38)36(27)32-16-24-18(2)35(26-8-5-4-7-22(24)26)17-28(37)33-21-12-10-20(31)11-13-21/h4-5,7-16H,3,6,17H2,1-2H3,(H,33,37). The van der Waals surface area contributed by atoms with Crippen LogP contribution >= 0.6 is 15.9 Å². The number of aryl methyl sites for hydroxylation is 1. The van der Waals surface area contributed by atoms with Gasteiger partial charge in [0.2, 0.25) is 5.91 Å². The number of halogens is 2. The topological polar surface area (TPSA) is 81.3 Å². The highest BCUT2D eigenvalue weighted by Gasteiger charge is 2.16. The Balaban J connectivity index is 1.54. The quantitative estimate of drug-likeness (QED) is 0.241. The Bertz CT molecular complexity index is 1760. The lowest BCUT2D eigenvalue weighted by molar-refractivity contribution is -0.116. The summed E-state index contributed by atoms with van der Waals surface area (Å²) in [6.07, 6.45) is 3.08. The van der Waals surface area contributed by atoms with E-state index in [4.69, 9.17) is 4.98 Å². The van der Waals surface area contributed by atoms with Gasteiger partial charge in [-0.15, -0.1) is 0 Å². The zero-order valence-electron chi connectivity index (χ0n) is 20.9. The van der Waals surface area contributed by atoms with Crippen molar-refractivity contribution in [3.05, 3.63) is 104 Å². The summed E-state index contributed by atoms with van der Waals surface area (Å²) in [5, 5.41) is 8.80. The van der Waals surface area contributed by atoms with E-state index in [-0.39, 0.29) is 23.8 Å². The summed E-state index contributed by atoms with van der Waals surface area (Å²) >= 11 is 3.43. The number of amides is 1. The molecule has 0 saturated heterocycles. The van der Waals surface area contributed by atoms with Crippen molar-refractivity contribution >= 4 is 55.5 Å². The summed E-state index contributed by atoms with van der Waals surface area (Å²) in [5.74, 6) is -0.0204. The van der Waals surface area contributed by atoms with Gasteiger partial charge < -0.3 is 9.88 Å². The van der Waals surface area contributed by atoms with Gasteiger partial charge >= 0.3 is 0 Å². The van der Waals surface area contributed by atoms with E-state index in [9.17, 15) is 14.0 Å². The van der Waals surface area contributed by atoms with E-state index in [2.05, 4.69) is 26.3 Å². The Morgan fingerprint density at radius 2 is 1.87 bits per heavy atom. The fourth-order valence-electron chi connectivity index (χ4n) is 4.52. The average molecular weight is 574 g/mol. The molecule has 1 N–H and O–H groups in total. The minimum atomic E-state index is -0.366. The highest BCUT2D eigenvalue weighted by atomic mass is 79.9. The van der Waals surface area contributed by atoms with E-state index in [0.29, 0.717) is 28.8 Å². The number of nitrogens with one attached hydrogen (secondary N) is 1. The Labute approximate surface area is 226 Å². The van der Waals surface area contributed by atoms with Gasteiger partial charge in [0, 0.05) is 38.7 Å². The van der Waals surface area contributed by atoms with Crippen LogP contribution in [-0.2, 0) is 17.8 Å². The average Bonchev–Trinajstić information content (AvgIpc) is 3.16. The molecule has 7 nitrogen and oxygen atoms in total. The molecule has 0 aliphatic heterocycles. The zero-order chi connectivity index (χ0) is 26.8. The van der Waals surface area contributed by atoms with Gasteiger partial charge in [0.1, 0.15) is 18.2 Å². The molecule has 2 heterocycles. The molecule has 192 valence electrons. The van der Waals surface area contributed by atoms with Crippen molar-refractivity contribution in [3.63, 3.8) is 0 Å². The van der Waals surface area contributed by atoms with Crippen LogP contribution in [0.4, 0.5) is 10.1 Å². The fraction of sp³-hybridized carbons (Fsp3) is 0.172. The first-order valence-electron chi connectivity index (χ1n) is 12.2. The number of aromatic nitrogens is 3. The number of para-hydroxylation sites is 1. The molecule has 38 heavy (non-hydrogen) atoms. The highest BCUT2D eigenvalue weighted by molar-refractivity contribution is 9.10. The molecule has 5 rings (SSSR count). The maximum Gasteiger partial charge on any atom is 0.282 e. The molecule has 0 atom stereocenters. The van der Waals surface area contributed by atoms with Crippen molar-refractivity contribution in [2.45, 2.75) is 33.2 Å². The molecule has 0 radical (unpaired) electrons. The molecule has 0 aliphatic rings. The number of benzene rings is 3. The zero-order valence-corrected chi connectivity index (χ0v) is 22.5. The largest absolute Gasteiger partial charge is 0.335 e. The second-order valence-electron chi connectivity index (χ2n) is 8.96. The summed E-state index contributed by atoms with van der Waals surface area (Å²) in [6, 6.07) is 18.8. The predicted molar refractivity (Wildman–Crippen MR) is 152 cm³/mol. The first-order valence-corrected chi connectivity index (χ1v) is 13.0. The lowest BCUT2D eigenvalue weighted by atomic mass is 10.1. The van der Waals surface area contributed by atoms with Crippen molar-refractivity contribution in [1.29, 1.82) is 0 Å². The van der Waals surface area contributed by atoms with Crippen LogP contribution in [0.2, 0.25) is 0 Å². The third kappa shape index (κ3) is 5.02. The molecule has 0 unspecified atom stereocenters. The Hall–Kier alpha value is -4.11. The highest BCUT2D eigenvalue weighted by Crippen LogP contribution is 2.25. The lowest BCUT2D eigenvalue weighted by Gasteiger charge is -2.10. The molecule has 2 aromatic heterocycles. The van der Waals surface area contributed by atoms with Crippen LogP contribution in [0.3, 0.4) is 0 Å². The number of fused-ring (bicyclic) bond motifs is 2. The molecule has 0 bridgehead atoms. The summed E-state index contributed by atoms with van der Waals surface area (Å²) in [7, 11) is 0. The Morgan fingerprint density at radius 3 is 2.63 bits per heavy atom. The third-order valence-electron chi connectivity index (χ3n) is 6.36. The van der Waals surface area contributed by atoms with E-state index in [1.807, 2.05) is 54.8 Å². The van der Waals surface area contributed by atoms with Crippen molar-refractivity contribution in [3.8, 4) is 0 Å². The molecular formula is C29H25BrFN5O2. The number of hydrogen-bond acceptors (Lipinski definition) is 4. The SMILES string of the molecule is CCCc1nc2ccc(Br)cc2c(=O)n1N=Cc1c(C)n(CC(=O)Nc2ccc(F)cc2)c2ccccc12. The number of carbonyl (C=O) groups excluding carboxylic acids is 1. The van der Waals surface area contributed by atoms with Gasteiger partial charge in [0.05, 0.1) is 17.1 Å². The van der Waals surface area contributed by atoms with Crippen LogP contribution in [0.5, 0.6) is 0 Å². The Morgan fingerprint density at radius 1 is 1.11 bits per heavy atom. The maximum absolute atomic E-state index is 13.4. The van der Waals surface area contributed by atoms with Crippen molar-refractivity contribution < 1.29 is 9.18 Å². The minimum absolute atomic E-state index is 0.0597. The normalized spacial score (nSPS) is 11.6. The van der Waals surface area contributed by atoms with Gasteiger partial charge in [-0.25, -0.2) is 9.37 Å². The smallest absolute Gasteiger partial charge is 0.282 e. The van der Waals surface area contributed by atoms with Crippen LogP contribution in [0.25, 0.3) is 21.8 Å². The minimum Gasteiger partial charge on any atom is -0.335 e. The maximum atomic E-state index is 13.4. The molecular weight excluding hydrogens is 549 g/mol. The van der Waals surface area contributed by atoms with Crippen molar-refractivity contribution in [2.75, 3.05) is 5.32 Å². The van der Waals surface area contributed by atoms with Gasteiger partial charge in [0.15, 0.2) is 0 Å². The van der Waals surface area contributed by atoms with E-state index < -0.39 is 0 Å². The lowest BCUT2D eigenvalue weighted by Crippen LogP contribution is -2.22. The number of rotatable bonds is 7. The van der Waals surface area contributed by atoms with Gasteiger partial charge in [-0.1, -0.05) is 41.1 Å². The van der Waals surface area contributed by atoms with Crippen LogP contribution in [0, 0.1) is 12.7 Å². The van der Waals surface area contributed by atoms with E-state index >= 15 is 0 Å². The van der Waals surface area contributed by atoms with E-state index in [1.165, 1.54) is 28.9 Å². The first kappa shape index (κ1) is 25.5. The summed E-state index contributed by atoms with van der Waals surface area (Å²) in [4.78, 5) is 30.9. The number of anilines is 1. The molecule has 9 heteroatoms. The second-order valence-corrected chi connectivity index (χ2v) is 9.87. The molecule has 1 amide bonds. The molecule has 0 aliphatic carbocycles. The summed E-state index contributed by atoms with van der Waals surface area (Å²) in [5.41, 5.74) is 3.40. The van der Waals surface area contributed by atoms with Crippen molar-refractivity contribution in [1.82, 2.24) is 14.2 Å². The van der Waals surface area contributed by atoms with Gasteiger partial charge in [0.25, 0.3) is 5.56 Å². The molecule has 0 spiro atoms. The molecule has 5 aromatic rings. The number of carbonyl (C=O) groups is 1. The van der Waals surface area contributed by atoms with Crippen LogP contribution < -0.4 is 10.9 Å². The number of nitrogens with zero attached hydrogens (tertiary/aromatic N) is 4. The monoisotopic (exact) mass is 573 g/mol. The van der Waals surface area contributed by atoms with Gasteiger partial charge in [-0.3, -0.25) is 9.59 Å². The summed E-state index contributed by atoms with van der Waals surface area (Å²) < 4.78 is 17.3. The Kier molecular flexibility index (Phi) is 7.20. The molecule has 3 aromatic carbocycles.